The van der Waals surface area contributed by atoms with Crippen LogP contribution in [-0.2, 0) is 6.18 Å². The van der Waals surface area contributed by atoms with Gasteiger partial charge >= 0.3 is 12.1 Å². The summed E-state index contributed by atoms with van der Waals surface area (Å²) in [6.07, 6.45) is -4.25. The predicted molar refractivity (Wildman–Crippen MR) is 77.0 cm³/mol. The minimum absolute atomic E-state index is 0.0234. The maximum Gasteiger partial charge on any atom is 0.417 e. The van der Waals surface area contributed by atoms with Crippen LogP contribution in [0.1, 0.15) is 53.5 Å². The molecule has 0 unspecified atom stereocenters. The van der Waals surface area contributed by atoms with Crippen molar-refractivity contribution >= 4 is 17.6 Å². The molecule has 1 aromatic carbocycles. The highest BCUT2D eigenvalue weighted by Crippen LogP contribution is 2.35. The minimum atomic E-state index is -4.89. The molecule has 5 nitrogen and oxygen atoms in total. The van der Waals surface area contributed by atoms with Crippen molar-refractivity contribution in [2.24, 2.45) is 5.73 Å². The predicted octanol–water partition coefficient (Wildman–Crippen LogP) is 3.35. The summed E-state index contributed by atoms with van der Waals surface area (Å²) in [4.78, 5) is 22.1. The largest absolute Gasteiger partial charge is 0.478 e. The van der Waals surface area contributed by atoms with Crippen LogP contribution in [0.25, 0.3) is 0 Å². The first-order chi connectivity index (χ1) is 10.2. The third kappa shape index (κ3) is 4.94. The van der Waals surface area contributed by atoms with E-state index in [2.05, 4.69) is 5.32 Å². The highest BCUT2D eigenvalue weighted by molar-refractivity contribution is 6.01. The molecule has 0 radical (unpaired) electrons. The maximum atomic E-state index is 12.8. The Bertz CT molecular complexity index is 543. The molecule has 1 rings (SSSR count). The van der Waals surface area contributed by atoms with Crippen molar-refractivity contribution in [3.63, 3.8) is 0 Å². The van der Waals surface area contributed by atoms with Crippen LogP contribution < -0.4 is 11.1 Å². The van der Waals surface area contributed by atoms with E-state index in [1.807, 2.05) is 13.8 Å². The maximum absolute atomic E-state index is 12.8. The Hall–Kier alpha value is -2.25. The van der Waals surface area contributed by atoms with E-state index < -0.39 is 34.7 Å². The molecular formula is C14H19F3N2O3. The monoisotopic (exact) mass is 320 g/mol. The molecule has 0 heterocycles. The summed E-state index contributed by atoms with van der Waals surface area (Å²) in [5, 5.41) is 11.6. The summed E-state index contributed by atoms with van der Waals surface area (Å²) >= 11 is 0. The van der Waals surface area contributed by atoms with Gasteiger partial charge in [-0.1, -0.05) is 20.8 Å². The van der Waals surface area contributed by atoms with Crippen molar-refractivity contribution in [3.05, 3.63) is 28.8 Å². The van der Waals surface area contributed by atoms with Crippen LogP contribution in [0.15, 0.2) is 12.1 Å². The van der Waals surface area contributed by atoms with E-state index in [0.29, 0.717) is 19.0 Å². The zero-order valence-corrected chi connectivity index (χ0v) is 12.5. The van der Waals surface area contributed by atoms with Gasteiger partial charge in [0.25, 0.3) is 5.91 Å². The van der Waals surface area contributed by atoms with Crippen LogP contribution in [0, 0.1) is 0 Å². The molecule has 1 amide bonds. The van der Waals surface area contributed by atoms with E-state index in [-0.39, 0.29) is 5.69 Å². The summed E-state index contributed by atoms with van der Waals surface area (Å²) in [5.74, 6) is -2.79. The van der Waals surface area contributed by atoms with Crippen LogP contribution in [-0.4, -0.2) is 23.5 Å². The summed E-state index contributed by atoms with van der Waals surface area (Å²) in [6, 6.07) is 1.24. The number of rotatable bonds is 5. The molecule has 0 aliphatic rings. The first kappa shape index (κ1) is 19.8. The number of benzene rings is 1. The minimum Gasteiger partial charge on any atom is -0.478 e. The molecule has 22 heavy (non-hydrogen) atoms. The Labute approximate surface area is 126 Å². The first-order valence-corrected chi connectivity index (χ1v) is 6.70. The Morgan fingerprint density at radius 2 is 1.77 bits per heavy atom. The van der Waals surface area contributed by atoms with Crippen LogP contribution in [0.3, 0.4) is 0 Å². The second-order valence-electron chi connectivity index (χ2n) is 4.04. The van der Waals surface area contributed by atoms with Crippen LogP contribution in [0.5, 0.6) is 0 Å². The molecule has 0 atom stereocenters. The summed E-state index contributed by atoms with van der Waals surface area (Å²) in [6.45, 7) is 6.17. The van der Waals surface area contributed by atoms with Gasteiger partial charge in [0.05, 0.1) is 16.7 Å². The van der Waals surface area contributed by atoms with Gasteiger partial charge in [-0.3, -0.25) is 4.79 Å². The quantitative estimate of drug-likeness (QED) is 0.775. The lowest BCUT2D eigenvalue weighted by Gasteiger charge is -2.15. The number of amides is 1. The molecule has 0 aliphatic carbocycles. The number of alkyl halides is 3. The van der Waals surface area contributed by atoms with Gasteiger partial charge in [-0.05, 0) is 18.6 Å². The van der Waals surface area contributed by atoms with E-state index in [9.17, 15) is 22.8 Å². The van der Waals surface area contributed by atoms with Gasteiger partial charge in [-0.2, -0.15) is 13.2 Å². The lowest BCUT2D eigenvalue weighted by molar-refractivity contribution is -0.138. The molecular weight excluding hydrogens is 301 g/mol. The number of nitrogens with two attached hydrogens (primary N) is 1. The SMILES string of the molecule is CC.CCCNc1cc(C(=O)O)c(C(F)(F)F)cc1C(N)=O. The molecule has 0 aliphatic heterocycles. The number of primary amides is 1. The fraction of sp³-hybridized carbons (Fsp3) is 0.429. The number of carboxylic acid groups (broad SMARTS) is 1. The van der Waals surface area contributed by atoms with Crippen molar-refractivity contribution in [1.82, 2.24) is 0 Å². The van der Waals surface area contributed by atoms with Crippen molar-refractivity contribution in [3.8, 4) is 0 Å². The fourth-order valence-electron chi connectivity index (χ4n) is 1.62. The van der Waals surface area contributed by atoms with E-state index in [4.69, 9.17) is 10.8 Å². The number of carboxylic acids is 1. The number of carbonyl (C=O) groups excluding carboxylic acids is 1. The number of hydrogen-bond acceptors (Lipinski definition) is 3. The van der Waals surface area contributed by atoms with Gasteiger partial charge in [-0.15, -0.1) is 0 Å². The van der Waals surface area contributed by atoms with Gasteiger partial charge in [-0.25, -0.2) is 4.79 Å². The first-order valence-electron chi connectivity index (χ1n) is 6.70. The number of aromatic carboxylic acids is 1. The lowest BCUT2D eigenvalue weighted by Crippen LogP contribution is -2.20. The zero-order valence-electron chi connectivity index (χ0n) is 12.5. The second-order valence-corrected chi connectivity index (χ2v) is 4.04. The number of halogens is 3. The second kappa shape index (κ2) is 8.26. The van der Waals surface area contributed by atoms with E-state index in [1.165, 1.54) is 0 Å². The van der Waals surface area contributed by atoms with Gasteiger partial charge < -0.3 is 16.2 Å². The molecule has 0 aromatic heterocycles. The molecule has 0 bridgehead atoms. The smallest absolute Gasteiger partial charge is 0.417 e. The highest BCUT2D eigenvalue weighted by atomic mass is 19.4. The van der Waals surface area contributed by atoms with Crippen LogP contribution in [0.4, 0.5) is 18.9 Å². The zero-order chi connectivity index (χ0) is 17.5. The third-order valence-electron chi connectivity index (χ3n) is 2.52. The summed E-state index contributed by atoms with van der Waals surface area (Å²) < 4.78 is 38.4. The fourth-order valence-corrected chi connectivity index (χ4v) is 1.62. The Morgan fingerprint density at radius 1 is 1.23 bits per heavy atom. The van der Waals surface area contributed by atoms with Crippen molar-refractivity contribution in [2.45, 2.75) is 33.4 Å². The lowest BCUT2D eigenvalue weighted by atomic mass is 10.0. The molecule has 0 saturated heterocycles. The van der Waals surface area contributed by atoms with Gasteiger partial charge in [0.2, 0.25) is 0 Å². The van der Waals surface area contributed by atoms with Crippen molar-refractivity contribution < 1.29 is 27.9 Å². The van der Waals surface area contributed by atoms with Crippen LogP contribution >= 0.6 is 0 Å². The molecule has 4 N–H and O–H groups in total. The third-order valence-corrected chi connectivity index (χ3v) is 2.52. The van der Waals surface area contributed by atoms with Gasteiger partial charge in [0, 0.05) is 12.2 Å². The number of hydrogen-bond donors (Lipinski definition) is 3. The van der Waals surface area contributed by atoms with Gasteiger partial charge in [0.1, 0.15) is 0 Å². The van der Waals surface area contributed by atoms with E-state index in [1.54, 1.807) is 6.92 Å². The van der Waals surface area contributed by atoms with E-state index >= 15 is 0 Å². The number of nitrogens with one attached hydrogen (secondary N) is 1. The average molecular weight is 320 g/mol. The standard InChI is InChI=1S/C12H13F3N2O3.C2H6/c1-2-3-17-9-5-6(11(19)20)8(12(13,14)15)4-7(9)10(16)18;1-2/h4-5,17H,2-3H2,1H3,(H2,16,18)(H,19,20);1-2H3. The molecule has 124 valence electrons. The number of carbonyl (C=O) groups is 2. The number of anilines is 1. The Kier molecular flexibility index (Phi) is 7.41. The molecule has 8 heteroatoms. The average Bonchev–Trinajstić information content (AvgIpc) is 2.44. The molecule has 1 aromatic rings. The normalized spacial score (nSPS) is 10.5. The van der Waals surface area contributed by atoms with Crippen LogP contribution in [0.2, 0.25) is 0 Å². The van der Waals surface area contributed by atoms with Crippen molar-refractivity contribution in [1.29, 1.82) is 0 Å². The highest BCUT2D eigenvalue weighted by Gasteiger charge is 2.36. The van der Waals surface area contributed by atoms with E-state index in [0.717, 1.165) is 6.07 Å². The van der Waals surface area contributed by atoms with Crippen molar-refractivity contribution in [2.75, 3.05) is 11.9 Å². The Balaban J connectivity index is 0.00000211. The summed E-state index contributed by atoms with van der Waals surface area (Å²) in [5.41, 5.74) is 2.28. The molecule has 0 saturated carbocycles. The molecule has 0 spiro atoms. The molecule has 0 fully saturated rings. The summed E-state index contributed by atoms with van der Waals surface area (Å²) in [7, 11) is 0. The Morgan fingerprint density at radius 3 is 2.14 bits per heavy atom. The topological polar surface area (TPSA) is 92.4 Å². The van der Waals surface area contributed by atoms with Gasteiger partial charge in [0.15, 0.2) is 0 Å².